The maximum atomic E-state index is 12.5. The van der Waals surface area contributed by atoms with Gasteiger partial charge in [-0.25, -0.2) is 0 Å². The Hall–Kier alpha value is -2.42. The fourth-order valence-corrected chi connectivity index (χ4v) is 5.92. The number of nitrogens with one attached hydrogen (secondary N) is 3. The van der Waals surface area contributed by atoms with Crippen LogP contribution < -0.4 is 16.0 Å². The van der Waals surface area contributed by atoms with Gasteiger partial charge in [0.1, 0.15) is 0 Å². The highest BCUT2D eigenvalue weighted by molar-refractivity contribution is 5.80. The summed E-state index contributed by atoms with van der Waals surface area (Å²) in [5.41, 5.74) is 3.60. The predicted molar refractivity (Wildman–Crippen MR) is 143 cm³/mol. The molecule has 0 spiro atoms. The number of nitrogens with zero attached hydrogens (tertiary/aromatic N) is 3. The average molecular weight is 495 g/mol. The van der Waals surface area contributed by atoms with Crippen molar-refractivity contribution in [2.45, 2.75) is 51.5 Å². The largest absolute Gasteiger partial charge is 0.365 e. The number of aromatic nitrogens is 1. The van der Waals surface area contributed by atoms with Crippen LogP contribution in [0.5, 0.6) is 0 Å². The third-order valence-corrected chi connectivity index (χ3v) is 8.09. The molecule has 0 bridgehead atoms. The SMILES string of the molecule is CCc1ccccc1-c1c(NCCN2CCC(CC(=O)N3CCCC3)CC2)noc1C1CNCCN1. The number of amides is 1. The number of piperazine rings is 1. The van der Waals surface area contributed by atoms with Gasteiger partial charge in [0.05, 0.1) is 11.6 Å². The van der Waals surface area contributed by atoms with Crippen molar-refractivity contribution in [3.8, 4) is 11.1 Å². The van der Waals surface area contributed by atoms with Crippen LogP contribution >= 0.6 is 0 Å². The van der Waals surface area contributed by atoms with Crippen molar-refractivity contribution >= 4 is 11.7 Å². The molecule has 1 aromatic heterocycles. The fourth-order valence-electron chi connectivity index (χ4n) is 5.92. The Kier molecular flexibility index (Phi) is 8.56. The highest BCUT2D eigenvalue weighted by Crippen LogP contribution is 2.37. The van der Waals surface area contributed by atoms with Crippen LogP contribution in [0.2, 0.25) is 0 Å². The Morgan fingerprint density at radius 1 is 1.14 bits per heavy atom. The first-order chi connectivity index (χ1) is 17.7. The van der Waals surface area contributed by atoms with Gasteiger partial charge in [-0.15, -0.1) is 0 Å². The van der Waals surface area contributed by atoms with Crippen molar-refractivity contribution in [1.29, 1.82) is 0 Å². The molecule has 8 heteroatoms. The molecule has 2 aromatic rings. The van der Waals surface area contributed by atoms with Gasteiger partial charge in [0.2, 0.25) is 5.91 Å². The third kappa shape index (κ3) is 5.93. The lowest BCUT2D eigenvalue weighted by Crippen LogP contribution is -2.42. The van der Waals surface area contributed by atoms with Gasteiger partial charge in [-0.2, -0.15) is 0 Å². The summed E-state index contributed by atoms with van der Waals surface area (Å²) in [7, 11) is 0. The standard InChI is InChI=1S/C28H42N6O2/c1-2-22-7-3-4-8-23(22)26-27(24-20-29-11-12-30-24)36-32-28(26)31-13-18-33-16-9-21(10-17-33)19-25(35)34-14-5-6-15-34/h3-4,7-8,21,24,29-30H,2,5-6,9-20H2,1H3,(H,31,32). The topological polar surface area (TPSA) is 85.7 Å². The summed E-state index contributed by atoms with van der Waals surface area (Å²) in [4.78, 5) is 17.1. The van der Waals surface area contributed by atoms with Crippen LogP contribution in [0.3, 0.4) is 0 Å². The molecule has 1 atom stereocenters. The zero-order valence-corrected chi connectivity index (χ0v) is 21.7. The minimum Gasteiger partial charge on any atom is -0.365 e. The fraction of sp³-hybridized carbons (Fsp3) is 0.643. The number of carbonyl (C=O) groups is 1. The molecule has 1 unspecified atom stereocenters. The molecule has 1 amide bonds. The van der Waals surface area contributed by atoms with Crippen LogP contribution in [-0.2, 0) is 11.2 Å². The molecule has 8 nitrogen and oxygen atoms in total. The Bertz CT molecular complexity index is 988. The highest BCUT2D eigenvalue weighted by atomic mass is 16.5. The van der Waals surface area contributed by atoms with Crippen LogP contribution in [0.15, 0.2) is 28.8 Å². The smallest absolute Gasteiger partial charge is 0.222 e. The summed E-state index contributed by atoms with van der Waals surface area (Å²) < 4.78 is 5.96. The summed E-state index contributed by atoms with van der Waals surface area (Å²) in [6.07, 6.45) is 6.27. The van der Waals surface area contributed by atoms with E-state index in [1.807, 2.05) is 0 Å². The zero-order chi connectivity index (χ0) is 24.7. The van der Waals surface area contributed by atoms with E-state index < -0.39 is 0 Å². The molecule has 0 saturated carbocycles. The van der Waals surface area contributed by atoms with Gasteiger partial charge in [0, 0.05) is 52.2 Å². The van der Waals surface area contributed by atoms with Crippen LogP contribution in [0.4, 0.5) is 5.82 Å². The van der Waals surface area contributed by atoms with E-state index in [-0.39, 0.29) is 6.04 Å². The number of rotatable bonds is 9. The molecule has 0 radical (unpaired) electrons. The highest BCUT2D eigenvalue weighted by Gasteiger charge is 2.28. The molecule has 3 fully saturated rings. The predicted octanol–water partition coefficient (Wildman–Crippen LogP) is 3.27. The number of piperidine rings is 1. The second-order valence-corrected chi connectivity index (χ2v) is 10.5. The number of hydrogen-bond acceptors (Lipinski definition) is 7. The molecular weight excluding hydrogens is 452 g/mol. The van der Waals surface area contributed by atoms with E-state index in [4.69, 9.17) is 4.52 Å². The van der Waals surface area contributed by atoms with Crippen molar-refractivity contribution in [2.24, 2.45) is 5.92 Å². The van der Waals surface area contributed by atoms with Crippen molar-refractivity contribution < 1.29 is 9.32 Å². The maximum absolute atomic E-state index is 12.5. The minimum absolute atomic E-state index is 0.115. The summed E-state index contributed by atoms with van der Waals surface area (Å²) >= 11 is 0. The number of benzene rings is 1. The monoisotopic (exact) mass is 494 g/mol. The van der Waals surface area contributed by atoms with Gasteiger partial charge >= 0.3 is 0 Å². The number of hydrogen-bond donors (Lipinski definition) is 3. The zero-order valence-electron chi connectivity index (χ0n) is 21.7. The van der Waals surface area contributed by atoms with Crippen LogP contribution in [-0.4, -0.2) is 79.8 Å². The Morgan fingerprint density at radius 3 is 2.69 bits per heavy atom. The molecular formula is C28H42N6O2. The van der Waals surface area contributed by atoms with Gasteiger partial charge in [0.25, 0.3) is 0 Å². The van der Waals surface area contributed by atoms with E-state index in [0.29, 0.717) is 11.8 Å². The Labute approximate surface area is 215 Å². The molecule has 196 valence electrons. The molecule has 3 N–H and O–H groups in total. The van der Waals surface area contributed by atoms with Gasteiger partial charge in [-0.1, -0.05) is 36.3 Å². The molecule has 0 aliphatic carbocycles. The lowest BCUT2D eigenvalue weighted by atomic mass is 9.93. The van der Waals surface area contributed by atoms with Gasteiger partial charge in [-0.05, 0) is 62.2 Å². The van der Waals surface area contributed by atoms with Crippen LogP contribution in [0.25, 0.3) is 11.1 Å². The van der Waals surface area contributed by atoms with Crippen LogP contribution in [0.1, 0.15) is 56.4 Å². The lowest BCUT2D eigenvalue weighted by Gasteiger charge is -2.32. The van der Waals surface area contributed by atoms with Crippen molar-refractivity contribution in [1.82, 2.24) is 25.6 Å². The summed E-state index contributed by atoms with van der Waals surface area (Å²) in [6.45, 7) is 10.8. The first-order valence-electron chi connectivity index (χ1n) is 14.0. The summed E-state index contributed by atoms with van der Waals surface area (Å²) in [6, 6.07) is 8.70. The molecule has 5 rings (SSSR count). The van der Waals surface area contributed by atoms with E-state index in [0.717, 1.165) is 102 Å². The maximum Gasteiger partial charge on any atom is 0.222 e. The average Bonchev–Trinajstić information content (AvgIpc) is 3.61. The van der Waals surface area contributed by atoms with Gasteiger partial charge in [-0.3, -0.25) is 4.79 Å². The van der Waals surface area contributed by atoms with E-state index in [1.165, 1.54) is 24.0 Å². The Morgan fingerprint density at radius 2 is 1.94 bits per heavy atom. The van der Waals surface area contributed by atoms with E-state index in [2.05, 4.69) is 62.1 Å². The summed E-state index contributed by atoms with van der Waals surface area (Å²) in [5.74, 6) is 2.66. The molecule has 3 aliphatic rings. The normalized spacial score (nSPS) is 21.7. The first-order valence-corrected chi connectivity index (χ1v) is 14.0. The second kappa shape index (κ2) is 12.2. The quantitative estimate of drug-likeness (QED) is 0.493. The molecule has 36 heavy (non-hydrogen) atoms. The first kappa shape index (κ1) is 25.2. The molecule has 4 heterocycles. The summed E-state index contributed by atoms with van der Waals surface area (Å²) in [5, 5.41) is 15.1. The second-order valence-electron chi connectivity index (χ2n) is 10.5. The van der Waals surface area contributed by atoms with Crippen molar-refractivity contribution in [3.63, 3.8) is 0 Å². The van der Waals surface area contributed by atoms with Gasteiger partial charge in [0.15, 0.2) is 11.6 Å². The van der Waals surface area contributed by atoms with Gasteiger partial charge < -0.3 is 30.3 Å². The van der Waals surface area contributed by atoms with Crippen molar-refractivity contribution in [3.05, 3.63) is 35.6 Å². The molecule has 1 aromatic carbocycles. The molecule has 3 saturated heterocycles. The lowest BCUT2D eigenvalue weighted by molar-refractivity contribution is -0.131. The third-order valence-electron chi connectivity index (χ3n) is 8.09. The number of anilines is 1. The minimum atomic E-state index is 0.115. The van der Waals surface area contributed by atoms with Crippen LogP contribution in [0, 0.1) is 5.92 Å². The van der Waals surface area contributed by atoms with Crippen molar-refractivity contribution in [2.75, 3.05) is 64.2 Å². The van der Waals surface area contributed by atoms with E-state index >= 15 is 0 Å². The number of likely N-dealkylation sites (tertiary alicyclic amines) is 2. The number of carbonyl (C=O) groups excluding carboxylic acids is 1. The molecule has 3 aliphatic heterocycles. The van der Waals surface area contributed by atoms with E-state index in [9.17, 15) is 4.79 Å². The van der Waals surface area contributed by atoms with E-state index in [1.54, 1.807) is 0 Å². The Balaban J connectivity index is 1.18. The number of aryl methyl sites for hydroxylation is 1.